The third-order valence-corrected chi connectivity index (χ3v) is 2.04. The maximum atomic E-state index is 12.7. The Morgan fingerprint density at radius 3 is 2.50 bits per heavy atom. The van der Waals surface area contributed by atoms with Crippen LogP contribution in [-0.4, -0.2) is 4.98 Å². The van der Waals surface area contributed by atoms with Gasteiger partial charge in [0, 0.05) is 11.8 Å². The van der Waals surface area contributed by atoms with E-state index in [1.165, 1.54) is 12.3 Å². The second-order valence-electron chi connectivity index (χ2n) is 3.36. The average Bonchev–Trinajstić information content (AvgIpc) is 2.16. The lowest BCUT2D eigenvalue weighted by Gasteiger charge is -2.13. The molecule has 3 heteroatoms. The van der Waals surface area contributed by atoms with Crippen LogP contribution in [0.4, 0.5) is 8.78 Å². The predicted molar refractivity (Wildman–Crippen MR) is 53.4 cm³/mol. The van der Waals surface area contributed by atoms with E-state index in [0.29, 0.717) is 11.3 Å². The van der Waals surface area contributed by atoms with E-state index < -0.39 is 6.43 Å². The van der Waals surface area contributed by atoms with Crippen molar-refractivity contribution in [2.75, 3.05) is 0 Å². The molecular weight excluding hydrogens is 184 g/mol. The standard InChI is InChI=1S/C11H13F2N/c1-4-8-5-6-14-10(7(2)3)9(8)11(12)13/h4-7,11H,1H2,2-3H3. The molecule has 0 saturated heterocycles. The first kappa shape index (κ1) is 10.8. The first-order valence-electron chi connectivity index (χ1n) is 4.47. The highest BCUT2D eigenvalue weighted by Crippen LogP contribution is 2.30. The third kappa shape index (κ3) is 1.97. The van der Waals surface area contributed by atoms with Crippen LogP contribution in [0.1, 0.15) is 43.0 Å². The smallest absolute Gasteiger partial charge is 0.260 e. The van der Waals surface area contributed by atoms with Gasteiger partial charge in [-0.3, -0.25) is 4.98 Å². The van der Waals surface area contributed by atoms with E-state index in [4.69, 9.17) is 0 Å². The van der Waals surface area contributed by atoms with Crippen LogP contribution in [0.5, 0.6) is 0 Å². The number of nitrogens with zero attached hydrogens (tertiary/aromatic N) is 1. The molecule has 0 aliphatic heterocycles. The summed E-state index contributed by atoms with van der Waals surface area (Å²) < 4.78 is 25.5. The van der Waals surface area contributed by atoms with E-state index in [-0.39, 0.29) is 11.5 Å². The van der Waals surface area contributed by atoms with Crippen LogP contribution in [-0.2, 0) is 0 Å². The Balaban J connectivity index is 3.35. The molecule has 0 aromatic carbocycles. The van der Waals surface area contributed by atoms with Crippen LogP contribution >= 0.6 is 0 Å². The largest absolute Gasteiger partial charge is 0.266 e. The van der Waals surface area contributed by atoms with E-state index in [0.717, 1.165) is 0 Å². The molecule has 1 rings (SSSR count). The molecule has 0 unspecified atom stereocenters. The van der Waals surface area contributed by atoms with E-state index in [2.05, 4.69) is 11.6 Å². The number of hydrogen-bond acceptors (Lipinski definition) is 1. The second-order valence-corrected chi connectivity index (χ2v) is 3.36. The molecule has 1 aromatic rings. The van der Waals surface area contributed by atoms with Crippen molar-refractivity contribution < 1.29 is 8.78 Å². The Morgan fingerprint density at radius 2 is 2.07 bits per heavy atom. The number of hydrogen-bond donors (Lipinski definition) is 0. The molecule has 0 N–H and O–H groups in total. The van der Waals surface area contributed by atoms with Gasteiger partial charge in [0.05, 0.1) is 5.69 Å². The number of pyridine rings is 1. The molecule has 14 heavy (non-hydrogen) atoms. The quantitative estimate of drug-likeness (QED) is 0.718. The molecule has 76 valence electrons. The zero-order valence-corrected chi connectivity index (χ0v) is 8.30. The Hall–Kier alpha value is -1.25. The predicted octanol–water partition coefficient (Wildman–Crippen LogP) is 3.79. The van der Waals surface area contributed by atoms with Crippen molar-refractivity contribution in [3.8, 4) is 0 Å². The summed E-state index contributed by atoms with van der Waals surface area (Å²) in [4.78, 5) is 3.98. The van der Waals surface area contributed by atoms with E-state index in [1.54, 1.807) is 6.07 Å². The van der Waals surface area contributed by atoms with Gasteiger partial charge in [-0.25, -0.2) is 8.78 Å². The summed E-state index contributed by atoms with van der Waals surface area (Å²) in [7, 11) is 0. The van der Waals surface area contributed by atoms with Crippen LogP contribution in [0.25, 0.3) is 6.08 Å². The Bertz CT molecular complexity index is 332. The highest BCUT2D eigenvalue weighted by molar-refractivity contribution is 5.53. The van der Waals surface area contributed by atoms with Crippen LogP contribution in [0.15, 0.2) is 18.8 Å². The molecular formula is C11H13F2N. The van der Waals surface area contributed by atoms with Crippen LogP contribution in [0.3, 0.4) is 0 Å². The SMILES string of the molecule is C=Cc1ccnc(C(C)C)c1C(F)F. The van der Waals surface area contributed by atoms with Crippen molar-refractivity contribution in [1.29, 1.82) is 0 Å². The van der Waals surface area contributed by atoms with E-state index in [9.17, 15) is 8.78 Å². The summed E-state index contributed by atoms with van der Waals surface area (Å²) in [5.74, 6) is -0.00102. The molecule has 0 aliphatic carbocycles. The van der Waals surface area contributed by atoms with Crippen molar-refractivity contribution in [2.24, 2.45) is 0 Å². The van der Waals surface area contributed by atoms with Gasteiger partial charge >= 0.3 is 0 Å². The normalized spacial score (nSPS) is 11.0. The van der Waals surface area contributed by atoms with Crippen molar-refractivity contribution in [3.63, 3.8) is 0 Å². The lowest BCUT2D eigenvalue weighted by Crippen LogP contribution is -2.02. The van der Waals surface area contributed by atoms with Gasteiger partial charge in [-0.1, -0.05) is 26.5 Å². The van der Waals surface area contributed by atoms with Gasteiger partial charge in [0.25, 0.3) is 6.43 Å². The topological polar surface area (TPSA) is 12.9 Å². The molecule has 1 nitrogen and oxygen atoms in total. The maximum Gasteiger partial charge on any atom is 0.266 e. The fraction of sp³-hybridized carbons (Fsp3) is 0.364. The number of halogens is 2. The van der Waals surface area contributed by atoms with Crippen LogP contribution in [0.2, 0.25) is 0 Å². The molecule has 0 amide bonds. The Morgan fingerprint density at radius 1 is 1.43 bits per heavy atom. The molecule has 0 radical (unpaired) electrons. The van der Waals surface area contributed by atoms with Gasteiger partial charge in [0.15, 0.2) is 0 Å². The summed E-state index contributed by atoms with van der Waals surface area (Å²) in [6.07, 6.45) is 0.488. The molecule has 1 heterocycles. The molecule has 0 saturated carbocycles. The zero-order chi connectivity index (χ0) is 10.7. The molecule has 0 aliphatic rings. The van der Waals surface area contributed by atoms with Crippen molar-refractivity contribution >= 4 is 6.08 Å². The Labute approximate surface area is 82.5 Å². The lowest BCUT2D eigenvalue weighted by atomic mass is 9.99. The van der Waals surface area contributed by atoms with Crippen LogP contribution in [0, 0.1) is 0 Å². The Kier molecular flexibility index (Phi) is 3.33. The average molecular weight is 197 g/mol. The number of rotatable bonds is 3. The van der Waals surface area contributed by atoms with Gasteiger partial charge in [-0.15, -0.1) is 0 Å². The zero-order valence-electron chi connectivity index (χ0n) is 8.30. The lowest BCUT2D eigenvalue weighted by molar-refractivity contribution is 0.149. The second kappa shape index (κ2) is 4.31. The molecule has 0 spiro atoms. The van der Waals surface area contributed by atoms with Crippen molar-refractivity contribution in [1.82, 2.24) is 4.98 Å². The number of alkyl halides is 2. The first-order chi connectivity index (χ1) is 6.57. The van der Waals surface area contributed by atoms with Gasteiger partial charge < -0.3 is 0 Å². The fourth-order valence-electron chi connectivity index (χ4n) is 1.38. The highest BCUT2D eigenvalue weighted by atomic mass is 19.3. The van der Waals surface area contributed by atoms with Crippen LogP contribution < -0.4 is 0 Å². The van der Waals surface area contributed by atoms with Gasteiger partial charge in [-0.05, 0) is 17.5 Å². The minimum Gasteiger partial charge on any atom is -0.260 e. The van der Waals surface area contributed by atoms with Crippen molar-refractivity contribution in [2.45, 2.75) is 26.2 Å². The van der Waals surface area contributed by atoms with E-state index >= 15 is 0 Å². The summed E-state index contributed by atoms with van der Waals surface area (Å²) in [6, 6.07) is 1.56. The van der Waals surface area contributed by atoms with Crippen molar-refractivity contribution in [3.05, 3.63) is 35.7 Å². The highest BCUT2D eigenvalue weighted by Gasteiger charge is 2.19. The monoisotopic (exact) mass is 197 g/mol. The first-order valence-corrected chi connectivity index (χ1v) is 4.47. The van der Waals surface area contributed by atoms with Gasteiger partial charge in [0.2, 0.25) is 0 Å². The van der Waals surface area contributed by atoms with Gasteiger partial charge in [-0.2, -0.15) is 0 Å². The minimum absolute atomic E-state index is 0.00102. The molecule has 0 bridgehead atoms. The summed E-state index contributed by atoms with van der Waals surface area (Å²) in [5.41, 5.74) is 0.939. The minimum atomic E-state index is -2.49. The summed E-state index contributed by atoms with van der Waals surface area (Å²) in [5, 5.41) is 0. The van der Waals surface area contributed by atoms with E-state index in [1.807, 2.05) is 13.8 Å². The maximum absolute atomic E-state index is 12.7. The third-order valence-electron chi connectivity index (χ3n) is 2.04. The molecule has 1 aromatic heterocycles. The fourth-order valence-corrected chi connectivity index (χ4v) is 1.38. The number of aromatic nitrogens is 1. The summed E-state index contributed by atoms with van der Waals surface area (Å²) >= 11 is 0. The molecule has 0 atom stereocenters. The van der Waals surface area contributed by atoms with Gasteiger partial charge in [0.1, 0.15) is 0 Å². The summed E-state index contributed by atoms with van der Waals surface area (Å²) in [6.45, 7) is 7.21. The molecule has 0 fully saturated rings.